The van der Waals surface area contributed by atoms with Gasteiger partial charge >= 0.3 is 0 Å². The molecular weight excluding hydrogens is 300 g/mol. The van der Waals surface area contributed by atoms with Crippen LogP contribution in [0.5, 0.6) is 0 Å². The van der Waals surface area contributed by atoms with E-state index in [9.17, 15) is 0 Å². The predicted molar refractivity (Wildman–Crippen MR) is 97.3 cm³/mol. The Balaban J connectivity index is 1.82. The van der Waals surface area contributed by atoms with E-state index < -0.39 is 0 Å². The van der Waals surface area contributed by atoms with Gasteiger partial charge in [-0.3, -0.25) is 0 Å². The van der Waals surface area contributed by atoms with E-state index in [1.54, 1.807) is 6.20 Å². The molecule has 0 unspecified atom stereocenters. The first-order valence-corrected chi connectivity index (χ1v) is 7.68. The maximum Gasteiger partial charge on any atom is 0.160 e. The van der Waals surface area contributed by atoms with Crippen LogP contribution in [0.15, 0.2) is 55.0 Å². The van der Waals surface area contributed by atoms with Gasteiger partial charge in [0.25, 0.3) is 0 Å². The first-order chi connectivity index (χ1) is 11.6. The molecule has 6 nitrogen and oxygen atoms in total. The molecular formula is C18H20N6. The van der Waals surface area contributed by atoms with Gasteiger partial charge in [0.05, 0.1) is 0 Å². The number of hydrogen-bond donors (Lipinski definition) is 2. The fraction of sp³-hybridized carbons (Fsp3) is 0.167. The molecule has 1 aromatic carbocycles. The molecule has 122 valence electrons. The van der Waals surface area contributed by atoms with Crippen LogP contribution in [-0.4, -0.2) is 22.0 Å². The number of rotatable bonds is 5. The van der Waals surface area contributed by atoms with Gasteiger partial charge < -0.3 is 16.0 Å². The monoisotopic (exact) mass is 320 g/mol. The van der Waals surface area contributed by atoms with Crippen LogP contribution in [0.3, 0.4) is 0 Å². The van der Waals surface area contributed by atoms with E-state index >= 15 is 0 Å². The molecule has 0 fully saturated rings. The Bertz CT molecular complexity index is 819. The van der Waals surface area contributed by atoms with Crippen molar-refractivity contribution < 1.29 is 0 Å². The van der Waals surface area contributed by atoms with E-state index in [2.05, 4.69) is 32.4 Å². The molecule has 3 aromatic rings. The third-order valence-corrected chi connectivity index (χ3v) is 3.65. The predicted octanol–water partition coefficient (Wildman–Crippen LogP) is 3.14. The highest BCUT2D eigenvalue weighted by Crippen LogP contribution is 2.28. The van der Waals surface area contributed by atoms with Crippen molar-refractivity contribution in [3.8, 4) is 0 Å². The van der Waals surface area contributed by atoms with Crippen LogP contribution >= 0.6 is 0 Å². The maximum absolute atomic E-state index is 6.27. The molecule has 0 bridgehead atoms. The van der Waals surface area contributed by atoms with E-state index in [1.165, 1.54) is 11.9 Å². The number of nitrogen functional groups attached to an aromatic ring is 1. The second-order valence-electron chi connectivity index (χ2n) is 5.64. The second-order valence-corrected chi connectivity index (χ2v) is 5.64. The fourth-order valence-electron chi connectivity index (χ4n) is 2.45. The molecule has 3 rings (SSSR count). The topological polar surface area (TPSA) is 80.0 Å². The average molecular weight is 320 g/mol. The Kier molecular flexibility index (Phi) is 4.56. The smallest absolute Gasteiger partial charge is 0.160 e. The highest BCUT2D eigenvalue weighted by Gasteiger charge is 2.13. The van der Waals surface area contributed by atoms with E-state index in [0.717, 1.165) is 5.56 Å². The standard InChI is InChI=1S/C18H20N6/c1-13-8-9-20-15(10-13)23-17-16(19)18(22-12-21-17)24(2)11-14-6-4-3-5-7-14/h3-10,12H,11,19H2,1-2H3,(H,20,21,22,23). The minimum atomic E-state index is 0.499. The van der Waals surface area contributed by atoms with Gasteiger partial charge in [-0.05, 0) is 30.2 Å². The summed E-state index contributed by atoms with van der Waals surface area (Å²) in [6, 6.07) is 14.1. The van der Waals surface area contributed by atoms with Crippen molar-refractivity contribution in [3.63, 3.8) is 0 Å². The van der Waals surface area contributed by atoms with E-state index in [-0.39, 0.29) is 0 Å². The molecule has 0 aliphatic rings. The lowest BCUT2D eigenvalue weighted by molar-refractivity contribution is 0.894. The molecule has 3 N–H and O–H groups in total. The molecule has 6 heteroatoms. The number of benzene rings is 1. The normalized spacial score (nSPS) is 10.4. The van der Waals surface area contributed by atoms with Crippen LogP contribution in [0, 0.1) is 6.92 Å². The molecule has 0 atom stereocenters. The number of pyridine rings is 1. The zero-order valence-electron chi connectivity index (χ0n) is 13.8. The molecule has 24 heavy (non-hydrogen) atoms. The van der Waals surface area contributed by atoms with Gasteiger partial charge in [-0.25, -0.2) is 15.0 Å². The van der Waals surface area contributed by atoms with Crippen LogP contribution in [0.4, 0.5) is 23.1 Å². The summed E-state index contributed by atoms with van der Waals surface area (Å²) in [5, 5.41) is 3.16. The van der Waals surface area contributed by atoms with Crippen LogP contribution in [0.1, 0.15) is 11.1 Å². The Hall–Kier alpha value is -3.15. The molecule has 0 amide bonds. The number of nitrogens with one attached hydrogen (secondary N) is 1. The Morgan fingerprint density at radius 3 is 2.62 bits per heavy atom. The fourth-order valence-corrected chi connectivity index (χ4v) is 2.45. The van der Waals surface area contributed by atoms with Crippen LogP contribution in [0.2, 0.25) is 0 Å². The molecule has 0 saturated carbocycles. The van der Waals surface area contributed by atoms with Gasteiger partial charge in [0.2, 0.25) is 0 Å². The first-order valence-electron chi connectivity index (χ1n) is 7.68. The SMILES string of the molecule is Cc1ccnc(Nc2ncnc(N(C)Cc3ccccc3)c2N)c1. The van der Waals surface area contributed by atoms with Crippen molar-refractivity contribution in [2.24, 2.45) is 0 Å². The zero-order chi connectivity index (χ0) is 16.9. The quantitative estimate of drug-likeness (QED) is 0.752. The molecule has 2 heterocycles. The summed E-state index contributed by atoms with van der Waals surface area (Å²) in [7, 11) is 1.96. The number of aryl methyl sites for hydroxylation is 1. The van der Waals surface area contributed by atoms with Crippen molar-refractivity contribution in [2.45, 2.75) is 13.5 Å². The van der Waals surface area contributed by atoms with Gasteiger partial charge in [0.1, 0.15) is 17.8 Å². The van der Waals surface area contributed by atoms with Crippen molar-refractivity contribution in [3.05, 3.63) is 66.1 Å². The van der Waals surface area contributed by atoms with Crippen molar-refractivity contribution in [1.82, 2.24) is 15.0 Å². The third-order valence-electron chi connectivity index (χ3n) is 3.65. The summed E-state index contributed by atoms with van der Waals surface area (Å²) in [5.74, 6) is 1.94. The van der Waals surface area contributed by atoms with Crippen LogP contribution in [-0.2, 0) is 6.54 Å². The third kappa shape index (κ3) is 3.60. The number of nitrogens with zero attached hydrogens (tertiary/aromatic N) is 4. The van der Waals surface area contributed by atoms with Gasteiger partial charge in [-0.1, -0.05) is 30.3 Å². The number of anilines is 4. The number of hydrogen-bond acceptors (Lipinski definition) is 6. The summed E-state index contributed by atoms with van der Waals surface area (Å²) in [4.78, 5) is 14.8. The Morgan fingerprint density at radius 1 is 1.08 bits per heavy atom. The molecule has 0 saturated heterocycles. The van der Waals surface area contributed by atoms with Crippen molar-refractivity contribution in [1.29, 1.82) is 0 Å². The molecule has 0 radical (unpaired) electrons. The lowest BCUT2D eigenvalue weighted by Crippen LogP contribution is -2.20. The first kappa shape index (κ1) is 15.7. The van der Waals surface area contributed by atoms with Crippen LogP contribution < -0.4 is 16.0 Å². The van der Waals surface area contributed by atoms with Gasteiger partial charge in [0, 0.05) is 19.8 Å². The lowest BCUT2D eigenvalue weighted by atomic mass is 10.2. The minimum absolute atomic E-state index is 0.499. The Labute approximate surface area is 141 Å². The minimum Gasteiger partial charge on any atom is -0.393 e. The van der Waals surface area contributed by atoms with Crippen LogP contribution in [0.25, 0.3) is 0 Å². The highest BCUT2D eigenvalue weighted by atomic mass is 15.2. The molecule has 2 aromatic heterocycles. The zero-order valence-corrected chi connectivity index (χ0v) is 13.8. The molecule has 0 spiro atoms. The summed E-state index contributed by atoms with van der Waals surface area (Å²) in [6.07, 6.45) is 3.25. The largest absolute Gasteiger partial charge is 0.393 e. The highest BCUT2D eigenvalue weighted by molar-refractivity contribution is 5.77. The Morgan fingerprint density at radius 2 is 1.88 bits per heavy atom. The van der Waals surface area contributed by atoms with E-state index in [0.29, 0.717) is 29.7 Å². The maximum atomic E-state index is 6.27. The summed E-state index contributed by atoms with van der Waals surface area (Å²) < 4.78 is 0. The average Bonchev–Trinajstić information content (AvgIpc) is 2.58. The van der Waals surface area contributed by atoms with E-state index in [1.807, 2.05) is 49.2 Å². The van der Waals surface area contributed by atoms with Crippen molar-refractivity contribution in [2.75, 3.05) is 23.0 Å². The number of aromatic nitrogens is 3. The van der Waals surface area contributed by atoms with Gasteiger partial charge in [-0.2, -0.15) is 0 Å². The summed E-state index contributed by atoms with van der Waals surface area (Å²) in [6.45, 7) is 2.72. The number of nitrogens with two attached hydrogens (primary N) is 1. The summed E-state index contributed by atoms with van der Waals surface area (Å²) >= 11 is 0. The van der Waals surface area contributed by atoms with E-state index in [4.69, 9.17) is 5.73 Å². The molecule has 0 aliphatic heterocycles. The van der Waals surface area contributed by atoms with Gasteiger partial charge in [-0.15, -0.1) is 0 Å². The second kappa shape index (κ2) is 6.95. The van der Waals surface area contributed by atoms with Crippen molar-refractivity contribution >= 4 is 23.1 Å². The lowest BCUT2D eigenvalue weighted by Gasteiger charge is -2.21. The summed E-state index contributed by atoms with van der Waals surface area (Å²) in [5.41, 5.74) is 9.07. The molecule has 0 aliphatic carbocycles. The van der Waals surface area contributed by atoms with Gasteiger partial charge in [0.15, 0.2) is 11.6 Å².